The minimum Gasteiger partial charge on any atom is -0.357 e. The fourth-order valence-electron chi connectivity index (χ4n) is 1.18. The first-order valence-corrected chi connectivity index (χ1v) is 5.04. The highest BCUT2D eigenvalue weighted by molar-refractivity contribution is 6.32. The van der Waals surface area contributed by atoms with Crippen LogP contribution in [0.15, 0.2) is 18.5 Å². The van der Waals surface area contributed by atoms with E-state index in [-0.39, 0.29) is 0 Å². The Morgan fingerprint density at radius 1 is 1.44 bits per heavy atom. The third-order valence-corrected chi connectivity index (χ3v) is 2.20. The Labute approximate surface area is 97.7 Å². The summed E-state index contributed by atoms with van der Waals surface area (Å²) >= 11 is 5.96. The van der Waals surface area contributed by atoms with E-state index >= 15 is 0 Å². The summed E-state index contributed by atoms with van der Waals surface area (Å²) < 4.78 is 1.69. The molecule has 7 heteroatoms. The SMILES string of the molecule is CNc1ncc(Cl)c(Nc2ccn(C)n2)n1. The molecule has 2 N–H and O–H groups in total. The molecule has 0 saturated heterocycles. The van der Waals surface area contributed by atoms with Crippen molar-refractivity contribution in [3.8, 4) is 0 Å². The summed E-state index contributed by atoms with van der Waals surface area (Å²) in [6.07, 6.45) is 3.36. The van der Waals surface area contributed by atoms with Crippen molar-refractivity contribution in [2.45, 2.75) is 0 Å². The molecule has 16 heavy (non-hydrogen) atoms. The smallest absolute Gasteiger partial charge is 0.224 e. The molecule has 0 amide bonds. The third kappa shape index (κ3) is 2.22. The number of rotatable bonds is 3. The maximum absolute atomic E-state index is 5.96. The molecule has 0 atom stereocenters. The molecule has 84 valence electrons. The van der Waals surface area contributed by atoms with E-state index in [1.54, 1.807) is 11.7 Å². The fraction of sp³-hybridized carbons (Fsp3) is 0.222. The molecule has 0 aromatic carbocycles. The second-order valence-corrected chi connectivity index (χ2v) is 3.55. The maximum Gasteiger partial charge on any atom is 0.224 e. The molecule has 0 fully saturated rings. The predicted molar refractivity (Wildman–Crippen MR) is 63.1 cm³/mol. The first kappa shape index (κ1) is 10.7. The maximum atomic E-state index is 5.96. The van der Waals surface area contributed by atoms with Crippen molar-refractivity contribution in [3.63, 3.8) is 0 Å². The number of hydrogen-bond acceptors (Lipinski definition) is 5. The first-order chi connectivity index (χ1) is 7.69. The number of nitrogens with one attached hydrogen (secondary N) is 2. The number of hydrogen-bond donors (Lipinski definition) is 2. The van der Waals surface area contributed by atoms with Crippen molar-refractivity contribution in [1.82, 2.24) is 19.7 Å². The Bertz CT molecular complexity index is 494. The van der Waals surface area contributed by atoms with Crippen LogP contribution in [0.1, 0.15) is 0 Å². The molecule has 6 nitrogen and oxygen atoms in total. The lowest BCUT2D eigenvalue weighted by atomic mass is 10.5. The van der Waals surface area contributed by atoms with Gasteiger partial charge in [-0.25, -0.2) is 4.98 Å². The molecule has 2 heterocycles. The van der Waals surface area contributed by atoms with Gasteiger partial charge in [-0.15, -0.1) is 0 Å². The van der Waals surface area contributed by atoms with Gasteiger partial charge in [-0.1, -0.05) is 11.6 Å². The summed E-state index contributed by atoms with van der Waals surface area (Å²) in [5, 5.41) is 10.5. The van der Waals surface area contributed by atoms with Gasteiger partial charge in [0.2, 0.25) is 5.95 Å². The van der Waals surface area contributed by atoms with Gasteiger partial charge in [-0.3, -0.25) is 4.68 Å². The van der Waals surface area contributed by atoms with Crippen molar-refractivity contribution >= 4 is 29.2 Å². The van der Waals surface area contributed by atoms with E-state index in [0.29, 0.717) is 22.6 Å². The lowest BCUT2D eigenvalue weighted by molar-refractivity contribution is 0.771. The number of aromatic nitrogens is 4. The van der Waals surface area contributed by atoms with E-state index in [0.717, 1.165) is 0 Å². The Balaban J connectivity index is 2.26. The fourth-order valence-corrected chi connectivity index (χ4v) is 1.32. The van der Waals surface area contributed by atoms with Crippen LogP contribution in [0.5, 0.6) is 0 Å². The molecule has 0 aliphatic heterocycles. The van der Waals surface area contributed by atoms with Crippen LogP contribution in [0.2, 0.25) is 5.02 Å². The first-order valence-electron chi connectivity index (χ1n) is 4.66. The molecule has 2 aromatic rings. The van der Waals surface area contributed by atoms with E-state index in [1.807, 2.05) is 19.3 Å². The summed E-state index contributed by atoms with van der Waals surface area (Å²) in [5.41, 5.74) is 0. The Morgan fingerprint density at radius 3 is 2.88 bits per heavy atom. The van der Waals surface area contributed by atoms with Gasteiger partial charge in [-0.05, 0) is 0 Å². The minimum absolute atomic E-state index is 0.449. The van der Waals surface area contributed by atoms with Crippen molar-refractivity contribution in [2.75, 3.05) is 17.7 Å². The van der Waals surface area contributed by atoms with Crippen LogP contribution in [0.4, 0.5) is 17.6 Å². The van der Waals surface area contributed by atoms with Gasteiger partial charge in [0.15, 0.2) is 11.6 Å². The zero-order chi connectivity index (χ0) is 11.5. The third-order valence-electron chi connectivity index (χ3n) is 1.93. The molecule has 0 aliphatic carbocycles. The molecular weight excluding hydrogens is 228 g/mol. The number of anilines is 3. The van der Waals surface area contributed by atoms with Gasteiger partial charge >= 0.3 is 0 Å². The normalized spacial score (nSPS) is 10.2. The standard InChI is InChI=1S/C9H11ClN6/c1-11-9-12-5-6(10)8(14-9)13-7-3-4-16(2)15-7/h3-5H,1-2H3,(H2,11,12,13,14,15). The van der Waals surface area contributed by atoms with Crippen molar-refractivity contribution in [2.24, 2.45) is 7.05 Å². The van der Waals surface area contributed by atoms with Gasteiger partial charge in [0.1, 0.15) is 5.02 Å². The average Bonchev–Trinajstić information content (AvgIpc) is 2.67. The summed E-state index contributed by atoms with van der Waals surface area (Å²) in [4.78, 5) is 8.17. The summed E-state index contributed by atoms with van der Waals surface area (Å²) in [6.45, 7) is 0. The van der Waals surface area contributed by atoms with Gasteiger partial charge < -0.3 is 10.6 Å². The largest absolute Gasteiger partial charge is 0.357 e. The minimum atomic E-state index is 0.449. The summed E-state index contributed by atoms with van der Waals surface area (Å²) in [6, 6.07) is 1.83. The van der Waals surface area contributed by atoms with Crippen LogP contribution in [-0.2, 0) is 7.05 Å². The van der Waals surface area contributed by atoms with Gasteiger partial charge in [0.25, 0.3) is 0 Å². The number of nitrogens with zero attached hydrogens (tertiary/aromatic N) is 4. The lowest BCUT2D eigenvalue weighted by Crippen LogP contribution is -2.01. The van der Waals surface area contributed by atoms with Crippen LogP contribution >= 0.6 is 11.6 Å². The van der Waals surface area contributed by atoms with E-state index < -0.39 is 0 Å². The molecule has 2 aromatic heterocycles. The van der Waals surface area contributed by atoms with Gasteiger partial charge in [-0.2, -0.15) is 10.1 Å². The van der Waals surface area contributed by atoms with Crippen molar-refractivity contribution in [1.29, 1.82) is 0 Å². The average molecular weight is 239 g/mol. The summed E-state index contributed by atoms with van der Waals surface area (Å²) in [7, 11) is 3.58. The zero-order valence-corrected chi connectivity index (χ0v) is 9.65. The van der Waals surface area contributed by atoms with Crippen LogP contribution in [-0.4, -0.2) is 26.8 Å². The van der Waals surface area contributed by atoms with Crippen LogP contribution in [0.25, 0.3) is 0 Å². The lowest BCUT2D eigenvalue weighted by Gasteiger charge is -2.05. The Hall–Kier alpha value is -1.82. The molecule has 0 saturated carbocycles. The highest BCUT2D eigenvalue weighted by Crippen LogP contribution is 2.22. The van der Waals surface area contributed by atoms with Crippen molar-refractivity contribution < 1.29 is 0 Å². The molecule has 0 bridgehead atoms. The van der Waals surface area contributed by atoms with E-state index in [1.165, 1.54) is 6.20 Å². The molecule has 0 aliphatic rings. The van der Waals surface area contributed by atoms with E-state index in [2.05, 4.69) is 25.7 Å². The molecule has 0 spiro atoms. The van der Waals surface area contributed by atoms with Crippen molar-refractivity contribution in [3.05, 3.63) is 23.5 Å². The zero-order valence-electron chi connectivity index (χ0n) is 8.90. The Kier molecular flexibility index (Phi) is 2.91. The number of aryl methyl sites for hydroxylation is 1. The predicted octanol–water partition coefficient (Wildman–Crippen LogP) is 1.65. The molecule has 0 unspecified atom stereocenters. The monoisotopic (exact) mass is 238 g/mol. The van der Waals surface area contributed by atoms with E-state index in [9.17, 15) is 0 Å². The second-order valence-electron chi connectivity index (χ2n) is 3.14. The summed E-state index contributed by atoms with van der Waals surface area (Å²) in [5.74, 6) is 1.72. The van der Waals surface area contributed by atoms with Gasteiger partial charge in [0, 0.05) is 26.4 Å². The van der Waals surface area contributed by atoms with Crippen LogP contribution < -0.4 is 10.6 Å². The quantitative estimate of drug-likeness (QED) is 0.851. The highest BCUT2D eigenvalue weighted by Gasteiger charge is 2.06. The molecule has 0 radical (unpaired) electrons. The molecular formula is C9H11ClN6. The van der Waals surface area contributed by atoms with Gasteiger partial charge in [0.05, 0.1) is 6.20 Å². The highest BCUT2D eigenvalue weighted by atomic mass is 35.5. The topological polar surface area (TPSA) is 67.7 Å². The number of halogens is 1. The van der Waals surface area contributed by atoms with Crippen LogP contribution in [0, 0.1) is 0 Å². The van der Waals surface area contributed by atoms with E-state index in [4.69, 9.17) is 11.6 Å². The second kappa shape index (κ2) is 4.36. The van der Waals surface area contributed by atoms with Crippen LogP contribution in [0.3, 0.4) is 0 Å². The molecule has 2 rings (SSSR count). The Morgan fingerprint density at radius 2 is 2.25 bits per heavy atom.